The molecule has 0 unspecified atom stereocenters. The lowest BCUT2D eigenvalue weighted by molar-refractivity contribution is 0.600. The Balaban J connectivity index is 2.45. The van der Waals surface area contributed by atoms with Crippen LogP contribution < -0.4 is 4.72 Å². The first kappa shape index (κ1) is 16.9. The first-order valence-electron chi connectivity index (χ1n) is 5.64. The number of halogens is 4. The lowest BCUT2D eigenvalue weighted by Crippen LogP contribution is -2.14. The van der Waals surface area contributed by atoms with Gasteiger partial charge in [0.05, 0.1) is 10.2 Å². The molecule has 8 heteroatoms. The largest absolute Gasteiger partial charge is 0.279 e. The summed E-state index contributed by atoms with van der Waals surface area (Å²) in [6.45, 7) is 1.63. The van der Waals surface area contributed by atoms with Crippen molar-refractivity contribution in [3.8, 4) is 0 Å². The van der Waals surface area contributed by atoms with Crippen molar-refractivity contribution < 1.29 is 12.8 Å². The van der Waals surface area contributed by atoms with E-state index in [1.165, 1.54) is 18.2 Å². The second kappa shape index (κ2) is 6.36. The van der Waals surface area contributed by atoms with Gasteiger partial charge >= 0.3 is 0 Å². The zero-order valence-corrected chi connectivity index (χ0v) is 16.2. The molecule has 0 saturated carbocycles. The standard InChI is InChI=1S/C13H9Br3FNO2S/c1-7-4-11(17)9(15)6-12(7)18-21(19,20)13-3-2-8(14)5-10(13)16/h2-6,18H,1H3. The third kappa shape index (κ3) is 3.85. The van der Waals surface area contributed by atoms with E-state index in [1.54, 1.807) is 19.1 Å². The van der Waals surface area contributed by atoms with Crippen LogP contribution in [-0.4, -0.2) is 8.42 Å². The van der Waals surface area contributed by atoms with Gasteiger partial charge in [-0.2, -0.15) is 0 Å². The highest BCUT2D eigenvalue weighted by molar-refractivity contribution is 9.11. The Morgan fingerprint density at radius 3 is 2.33 bits per heavy atom. The van der Waals surface area contributed by atoms with Gasteiger partial charge in [0, 0.05) is 8.95 Å². The van der Waals surface area contributed by atoms with Gasteiger partial charge in [0.25, 0.3) is 10.0 Å². The van der Waals surface area contributed by atoms with Gasteiger partial charge in [-0.05, 0) is 74.7 Å². The Bertz CT molecular complexity index is 809. The van der Waals surface area contributed by atoms with E-state index >= 15 is 0 Å². The smallest absolute Gasteiger partial charge is 0.263 e. The zero-order chi connectivity index (χ0) is 15.8. The Morgan fingerprint density at radius 2 is 1.71 bits per heavy atom. The van der Waals surface area contributed by atoms with Crippen molar-refractivity contribution in [1.29, 1.82) is 0 Å². The monoisotopic (exact) mass is 499 g/mol. The fraction of sp³-hybridized carbons (Fsp3) is 0.0769. The van der Waals surface area contributed by atoms with Crippen molar-refractivity contribution in [2.24, 2.45) is 0 Å². The van der Waals surface area contributed by atoms with E-state index in [0.717, 1.165) is 4.47 Å². The summed E-state index contributed by atoms with van der Waals surface area (Å²) >= 11 is 9.53. The topological polar surface area (TPSA) is 46.2 Å². The van der Waals surface area contributed by atoms with E-state index in [9.17, 15) is 12.8 Å². The first-order chi connectivity index (χ1) is 9.70. The highest BCUT2D eigenvalue weighted by atomic mass is 79.9. The number of aryl methyl sites for hydroxylation is 1. The maximum atomic E-state index is 13.4. The van der Waals surface area contributed by atoms with Crippen molar-refractivity contribution >= 4 is 63.5 Å². The van der Waals surface area contributed by atoms with Crippen LogP contribution in [0.2, 0.25) is 0 Å². The predicted molar refractivity (Wildman–Crippen MR) is 91.5 cm³/mol. The van der Waals surface area contributed by atoms with Crippen molar-refractivity contribution in [2.75, 3.05) is 4.72 Å². The van der Waals surface area contributed by atoms with Crippen molar-refractivity contribution in [1.82, 2.24) is 0 Å². The number of anilines is 1. The van der Waals surface area contributed by atoms with Crippen LogP contribution in [0.4, 0.5) is 10.1 Å². The molecular formula is C13H9Br3FNO2S. The SMILES string of the molecule is Cc1cc(F)c(Br)cc1NS(=O)(=O)c1ccc(Br)cc1Br. The summed E-state index contributed by atoms with van der Waals surface area (Å²) in [5.74, 6) is -0.444. The van der Waals surface area contributed by atoms with Crippen LogP contribution >= 0.6 is 47.8 Å². The first-order valence-corrected chi connectivity index (χ1v) is 9.50. The number of rotatable bonds is 3. The Hall–Kier alpha value is -0.440. The summed E-state index contributed by atoms with van der Waals surface area (Å²) in [6.07, 6.45) is 0. The average Bonchev–Trinajstić information content (AvgIpc) is 2.35. The van der Waals surface area contributed by atoms with Crippen LogP contribution in [0.25, 0.3) is 0 Å². The molecular weight excluding hydrogens is 493 g/mol. The third-order valence-corrected chi connectivity index (χ3v) is 6.14. The highest BCUT2D eigenvalue weighted by Crippen LogP contribution is 2.30. The highest BCUT2D eigenvalue weighted by Gasteiger charge is 2.19. The molecule has 0 atom stereocenters. The number of sulfonamides is 1. The van der Waals surface area contributed by atoms with Gasteiger partial charge in [0.15, 0.2) is 0 Å². The molecule has 0 aliphatic rings. The van der Waals surface area contributed by atoms with Crippen molar-refractivity contribution in [3.63, 3.8) is 0 Å². The molecule has 0 fully saturated rings. The molecule has 0 saturated heterocycles. The van der Waals surface area contributed by atoms with Gasteiger partial charge < -0.3 is 0 Å². The van der Waals surface area contributed by atoms with E-state index < -0.39 is 15.8 Å². The molecule has 0 aliphatic heterocycles. The molecule has 0 amide bonds. The second-order valence-electron chi connectivity index (χ2n) is 4.26. The maximum absolute atomic E-state index is 13.4. The summed E-state index contributed by atoms with van der Waals surface area (Å²) in [6, 6.07) is 7.41. The summed E-state index contributed by atoms with van der Waals surface area (Å²) < 4.78 is 42.1. The third-order valence-electron chi connectivity index (χ3n) is 2.70. The number of hydrogen-bond donors (Lipinski definition) is 1. The van der Waals surface area contributed by atoms with E-state index in [0.29, 0.717) is 15.7 Å². The molecule has 2 aromatic rings. The summed E-state index contributed by atoms with van der Waals surface area (Å²) in [7, 11) is -3.77. The van der Waals surface area contributed by atoms with Gasteiger partial charge in [-0.3, -0.25) is 4.72 Å². The molecule has 0 heterocycles. The summed E-state index contributed by atoms with van der Waals surface area (Å²) in [5, 5.41) is 0. The molecule has 112 valence electrons. The van der Waals surface area contributed by atoms with Gasteiger partial charge in [-0.25, -0.2) is 12.8 Å². The summed E-state index contributed by atoms with van der Waals surface area (Å²) in [4.78, 5) is 0.102. The molecule has 21 heavy (non-hydrogen) atoms. The van der Waals surface area contributed by atoms with Gasteiger partial charge in [0.2, 0.25) is 0 Å². The number of nitrogens with one attached hydrogen (secondary N) is 1. The molecule has 0 spiro atoms. The minimum Gasteiger partial charge on any atom is -0.279 e. The Labute approximate surface area is 147 Å². The van der Waals surface area contributed by atoms with Crippen LogP contribution in [0.5, 0.6) is 0 Å². The Kier molecular flexibility index (Phi) is 5.12. The lowest BCUT2D eigenvalue weighted by atomic mass is 10.2. The predicted octanol–water partition coefficient (Wildman–Crippen LogP) is 5.22. The van der Waals surface area contributed by atoms with Gasteiger partial charge in [0.1, 0.15) is 10.7 Å². The summed E-state index contributed by atoms with van der Waals surface area (Å²) in [5.41, 5.74) is 0.811. The van der Waals surface area contributed by atoms with E-state index in [4.69, 9.17) is 0 Å². The van der Waals surface area contributed by atoms with Crippen molar-refractivity contribution in [2.45, 2.75) is 11.8 Å². The number of hydrogen-bond acceptors (Lipinski definition) is 2. The molecule has 3 nitrogen and oxygen atoms in total. The second-order valence-corrected chi connectivity index (χ2v) is 8.54. The van der Waals surface area contributed by atoms with Crippen molar-refractivity contribution in [3.05, 3.63) is 55.1 Å². The number of benzene rings is 2. The fourth-order valence-corrected chi connectivity index (χ4v) is 4.86. The average molecular weight is 502 g/mol. The fourth-order valence-electron chi connectivity index (χ4n) is 1.65. The molecule has 1 N–H and O–H groups in total. The molecule has 0 aliphatic carbocycles. The zero-order valence-electron chi connectivity index (χ0n) is 10.6. The molecule has 2 aromatic carbocycles. The van der Waals surface area contributed by atoms with Crippen LogP contribution in [-0.2, 0) is 10.0 Å². The molecule has 0 radical (unpaired) electrons. The van der Waals surface area contributed by atoms with E-state index in [-0.39, 0.29) is 9.37 Å². The van der Waals surface area contributed by atoms with Gasteiger partial charge in [-0.1, -0.05) is 15.9 Å². The normalized spacial score (nSPS) is 11.5. The molecule has 2 rings (SSSR count). The Morgan fingerprint density at radius 1 is 1.05 bits per heavy atom. The minimum atomic E-state index is -3.77. The van der Waals surface area contributed by atoms with E-state index in [2.05, 4.69) is 52.5 Å². The van der Waals surface area contributed by atoms with Crippen LogP contribution in [0.15, 0.2) is 48.6 Å². The quantitative estimate of drug-likeness (QED) is 0.626. The van der Waals surface area contributed by atoms with Crippen LogP contribution in [0.1, 0.15) is 5.56 Å². The molecule has 0 aromatic heterocycles. The van der Waals surface area contributed by atoms with Gasteiger partial charge in [-0.15, -0.1) is 0 Å². The maximum Gasteiger partial charge on any atom is 0.263 e. The lowest BCUT2D eigenvalue weighted by Gasteiger charge is -2.12. The van der Waals surface area contributed by atoms with Crippen LogP contribution in [0, 0.1) is 12.7 Å². The minimum absolute atomic E-state index is 0.102. The van der Waals surface area contributed by atoms with Crippen LogP contribution in [0.3, 0.4) is 0 Å². The molecule has 0 bridgehead atoms. The van der Waals surface area contributed by atoms with E-state index in [1.807, 2.05) is 0 Å².